The fraction of sp³-hybridized carbons (Fsp3) is 0.500. The Morgan fingerprint density at radius 1 is 1.30 bits per heavy atom. The Hall–Kier alpha value is -1.74. The Morgan fingerprint density at radius 3 is 2.45 bits per heavy atom. The second-order valence-corrected chi connectivity index (χ2v) is 5.14. The van der Waals surface area contributed by atoms with Crippen LogP contribution in [0.1, 0.15) is 36.8 Å². The quantitative estimate of drug-likeness (QED) is 0.895. The maximum atomic E-state index is 12.9. The number of nitrogens with zero attached hydrogens (tertiary/aromatic N) is 1. The lowest BCUT2D eigenvalue weighted by Gasteiger charge is -2.29. The molecule has 0 unspecified atom stereocenters. The summed E-state index contributed by atoms with van der Waals surface area (Å²) >= 11 is 0. The Morgan fingerprint density at radius 2 is 1.95 bits per heavy atom. The Balaban J connectivity index is 2.32. The zero-order chi connectivity index (χ0) is 14.8. The van der Waals surface area contributed by atoms with Crippen LogP contribution in [0.15, 0.2) is 18.2 Å². The van der Waals surface area contributed by atoms with Gasteiger partial charge in [0.2, 0.25) is 0 Å². The van der Waals surface area contributed by atoms with Crippen LogP contribution in [0, 0.1) is 11.3 Å². The summed E-state index contributed by atoms with van der Waals surface area (Å²) in [5.74, 6) is 0. The number of benzene rings is 1. The third-order valence-electron chi connectivity index (χ3n) is 3.72. The van der Waals surface area contributed by atoms with Crippen molar-refractivity contribution in [2.24, 2.45) is 0 Å². The number of hydrogen-bond acceptors (Lipinski definition) is 3. The molecule has 108 valence electrons. The van der Waals surface area contributed by atoms with Gasteiger partial charge < -0.3 is 10.4 Å². The van der Waals surface area contributed by atoms with Crippen LogP contribution in [-0.2, 0) is 6.18 Å². The van der Waals surface area contributed by atoms with E-state index in [0.29, 0.717) is 0 Å². The Labute approximate surface area is 115 Å². The predicted molar refractivity (Wildman–Crippen MR) is 68.1 cm³/mol. The average molecular weight is 284 g/mol. The van der Waals surface area contributed by atoms with Crippen molar-refractivity contribution in [2.75, 3.05) is 11.9 Å². The molecule has 1 aliphatic rings. The molecule has 0 amide bonds. The molecule has 0 saturated heterocycles. The molecule has 0 aromatic heterocycles. The van der Waals surface area contributed by atoms with Gasteiger partial charge >= 0.3 is 6.18 Å². The third kappa shape index (κ3) is 2.88. The number of aliphatic hydroxyl groups is 1. The van der Waals surface area contributed by atoms with Crippen LogP contribution in [0.2, 0.25) is 0 Å². The molecule has 0 aliphatic heterocycles. The van der Waals surface area contributed by atoms with Crippen LogP contribution in [0.5, 0.6) is 0 Å². The molecule has 6 heteroatoms. The van der Waals surface area contributed by atoms with Crippen LogP contribution in [0.25, 0.3) is 0 Å². The molecule has 1 aliphatic carbocycles. The van der Waals surface area contributed by atoms with Gasteiger partial charge in [0.1, 0.15) is 0 Å². The van der Waals surface area contributed by atoms with Crippen molar-refractivity contribution in [3.63, 3.8) is 0 Å². The van der Waals surface area contributed by atoms with Gasteiger partial charge in [-0.2, -0.15) is 18.4 Å². The number of halogens is 3. The van der Waals surface area contributed by atoms with E-state index in [1.165, 1.54) is 6.07 Å². The van der Waals surface area contributed by atoms with Crippen molar-refractivity contribution in [1.29, 1.82) is 5.26 Å². The lowest BCUT2D eigenvalue weighted by atomic mass is 9.97. The number of nitrogens with one attached hydrogen (secondary N) is 1. The molecule has 0 heterocycles. The van der Waals surface area contributed by atoms with E-state index < -0.39 is 22.8 Å². The summed E-state index contributed by atoms with van der Waals surface area (Å²) in [5, 5.41) is 21.2. The van der Waals surface area contributed by atoms with Crippen molar-refractivity contribution in [1.82, 2.24) is 0 Å². The van der Waals surface area contributed by atoms with E-state index in [0.717, 1.165) is 37.8 Å². The number of hydrogen-bond donors (Lipinski definition) is 2. The maximum absolute atomic E-state index is 12.9. The molecular formula is C14H15F3N2O. The van der Waals surface area contributed by atoms with Crippen molar-refractivity contribution in [3.8, 4) is 6.07 Å². The molecule has 1 aromatic rings. The van der Waals surface area contributed by atoms with E-state index >= 15 is 0 Å². The molecule has 0 bridgehead atoms. The minimum absolute atomic E-state index is 0.117. The smallest absolute Gasteiger partial charge is 0.394 e. The first kappa shape index (κ1) is 14.7. The Bertz CT molecular complexity index is 528. The number of alkyl halides is 3. The van der Waals surface area contributed by atoms with E-state index in [-0.39, 0.29) is 12.3 Å². The zero-order valence-electron chi connectivity index (χ0n) is 10.8. The van der Waals surface area contributed by atoms with E-state index in [2.05, 4.69) is 5.32 Å². The maximum Gasteiger partial charge on any atom is 0.417 e. The minimum Gasteiger partial charge on any atom is -0.394 e. The fourth-order valence-electron chi connectivity index (χ4n) is 2.63. The molecule has 1 fully saturated rings. The first-order valence-corrected chi connectivity index (χ1v) is 6.41. The van der Waals surface area contributed by atoms with Crippen LogP contribution in [0.4, 0.5) is 18.9 Å². The number of anilines is 1. The zero-order valence-corrected chi connectivity index (χ0v) is 10.8. The first-order valence-electron chi connectivity index (χ1n) is 6.41. The van der Waals surface area contributed by atoms with Gasteiger partial charge in [-0.3, -0.25) is 0 Å². The lowest BCUT2D eigenvalue weighted by Crippen LogP contribution is -2.39. The van der Waals surface area contributed by atoms with Gasteiger partial charge in [0.15, 0.2) is 0 Å². The normalized spacial score (nSPS) is 17.8. The fourth-order valence-corrected chi connectivity index (χ4v) is 2.63. The average Bonchev–Trinajstić information content (AvgIpc) is 2.87. The highest BCUT2D eigenvalue weighted by molar-refractivity contribution is 5.54. The molecule has 1 saturated carbocycles. The van der Waals surface area contributed by atoms with Crippen molar-refractivity contribution < 1.29 is 18.3 Å². The van der Waals surface area contributed by atoms with Gasteiger partial charge in [0, 0.05) is 5.69 Å². The number of aliphatic hydroxyl groups excluding tert-OH is 1. The molecule has 2 N–H and O–H groups in total. The summed E-state index contributed by atoms with van der Waals surface area (Å²) < 4.78 is 38.6. The Kier molecular flexibility index (Phi) is 3.91. The second-order valence-electron chi connectivity index (χ2n) is 5.14. The van der Waals surface area contributed by atoms with Gasteiger partial charge in [-0.05, 0) is 31.0 Å². The monoisotopic (exact) mass is 284 g/mol. The van der Waals surface area contributed by atoms with E-state index in [1.54, 1.807) is 6.07 Å². The van der Waals surface area contributed by atoms with Crippen LogP contribution in [0.3, 0.4) is 0 Å². The summed E-state index contributed by atoms with van der Waals surface area (Å²) in [7, 11) is 0. The van der Waals surface area contributed by atoms with Crippen LogP contribution < -0.4 is 5.32 Å². The first-order chi connectivity index (χ1) is 9.40. The summed E-state index contributed by atoms with van der Waals surface area (Å²) in [6.45, 7) is -0.117. The summed E-state index contributed by atoms with van der Waals surface area (Å²) in [6.07, 6.45) is -1.23. The van der Waals surface area contributed by atoms with Gasteiger partial charge in [-0.15, -0.1) is 0 Å². The minimum atomic E-state index is -4.56. The molecule has 0 atom stereocenters. The highest BCUT2D eigenvalue weighted by atomic mass is 19.4. The van der Waals surface area contributed by atoms with Gasteiger partial charge in [0.05, 0.1) is 29.3 Å². The SMILES string of the molecule is N#Cc1ccc(NC2(CO)CCCC2)cc1C(F)(F)F. The molecule has 3 nitrogen and oxygen atoms in total. The molecular weight excluding hydrogens is 269 g/mol. The van der Waals surface area contributed by atoms with Crippen molar-refractivity contribution >= 4 is 5.69 Å². The van der Waals surface area contributed by atoms with E-state index in [1.807, 2.05) is 0 Å². The molecule has 0 spiro atoms. The molecule has 0 radical (unpaired) electrons. The topological polar surface area (TPSA) is 56.0 Å². The second kappa shape index (κ2) is 5.33. The van der Waals surface area contributed by atoms with Crippen LogP contribution >= 0.6 is 0 Å². The molecule has 1 aromatic carbocycles. The molecule has 20 heavy (non-hydrogen) atoms. The van der Waals surface area contributed by atoms with Gasteiger partial charge in [-0.1, -0.05) is 12.8 Å². The van der Waals surface area contributed by atoms with E-state index in [9.17, 15) is 18.3 Å². The standard InChI is InChI=1S/C14H15F3N2O/c15-14(16,17)12-7-11(4-3-10(12)8-18)19-13(9-20)5-1-2-6-13/h3-4,7,19-20H,1-2,5-6,9H2. The summed E-state index contributed by atoms with van der Waals surface area (Å²) in [4.78, 5) is 0. The third-order valence-corrected chi connectivity index (χ3v) is 3.72. The van der Waals surface area contributed by atoms with Gasteiger partial charge in [0.25, 0.3) is 0 Å². The summed E-state index contributed by atoms with van der Waals surface area (Å²) in [5.41, 5.74) is -1.60. The largest absolute Gasteiger partial charge is 0.417 e. The van der Waals surface area contributed by atoms with E-state index in [4.69, 9.17) is 5.26 Å². The number of rotatable bonds is 3. The highest BCUT2D eigenvalue weighted by Crippen LogP contribution is 2.36. The van der Waals surface area contributed by atoms with Crippen molar-refractivity contribution in [2.45, 2.75) is 37.4 Å². The predicted octanol–water partition coefficient (Wildman–Crippen LogP) is 3.29. The van der Waals surface area contributed by atoms with Crippen LogP contribution in [-0.4, -0.2) is 17.3 Å². The molecule has 2 rings (SSSR count). The highest BCUT2D eigenvalue weighted by Gasteiger charge is 2.36. The van der Waals surface area contributed by atoms with Crippen molar-refractivity contribution in [3.05, 3.63) is 29.3 Å². The number of nitriles is 1. The summed E-state index contributed by atoms with van der Waals surface area (Å²) in [6, 6.07) is 5.09. The lowest BCUT2D eigenvalue weighted by molar-refractivity contribution is -0.137. The van der Waals surface area contributed by atoms with Gasteiger partial charge in [-0.25, -0.2) is 0 Å².